The third kappa shape index (κ3) is 13.6. The molecular weight excluding hydrogens is 1170 g/mol. The maximum Gasteiger partial charge on any atom is 0.303 e. The summed E-state index contributed by atoms with van der Waals surface area (Å²) in [7, 11) is 2.93. The molecule has 1 unspecified atom stereocenters. The lowest BCUT2D eigenvalue weighted by Gasteiger charge is -2.23. The van der Waals surface area contributed by atoms with Gasteiger partial charge in [-0.25, -0.2) is 34.9 Å². The van der Waals surface area contributed by atoms with Crippen molar-refractivity contribution in [3.63, 3.8) is 0 Å². The molecule has 1 aliphatic heterocycles. The highest BCUT2D eigenvalue weighted by Gasteiger charge is 2.33. The number of thiazole rings is 6. The van der Waals surface area contributed by atoms with E-state index in [0.29, 0.717) is 68.7 Å². The Morgan fingerprint density at radius 3 is 2.16 bits per heavy atom. The number of methoxy groups -OCH3 is 1. The van der Waals surface area contributed by atoms with Crippen molar-refractivity contribution in [3.05, 3.63) is 111 Å². The molecule has 8 aromatic rings. The Morgan fingerprint density at radius 1 is 0.707 bits per heavy atom. The Labute approximate surface area is 492 Å². The number of fused-ring (bicyclic) bond motifs is 14. The van der Waals surface area contributed by atoms with E-state index < -0.39 is 72.2 Å². The second-order valence-electron chi connectivity index (χ2n) is 19.0. The van der Waals surface area contributed by atoms with Gasteiger partial charge in [0.1, 0.15) is 82.2 Å². The van der Waals surface area contributed by atoms with Crippen LogP contribution in [0.3, 0.4) is 0 Å². The first-order valence-electron chi connectivity index (χ1n) is 25.3. The fourth-order valence-corrected chi connectivity index (χ4v) is 13.9. The highest BCUT2D eigenvalue weighted by atomic mass is 32.1. The van der Waals surface area contributed by atoms with E-state index in [1.165, 1.54) is 59.5 Å². The summed E-state index contributed by atoms with van der Waals surface area (Å²) in [5, 5.41) is 46.9. The number of nitrogens with zero attached hydrogens (tertiary/aromatic N) is 7. The predicted octanol–water partition coefficient (Wildman–Crippen LogP) is 7.75. The maximum absolute atomic E-state index is 14.3. The van der Waals surface area contributed by atoms with E-state index >= 15 is 0 Å². The number of pyridine rings is 1. The molecule has 23 nitrogen and oxygen atoms in total. The average molecular weight is 1220 g/mol. The van der Waals surface area contributed by atoms with Gasteiger partial charge in [0.2, 0.25) is 17.7 Å². The number of nitrogens with one attached hydrogen (secondary N) is 6. The molecule has 10 bridgehead atoms. The number of carbonyl (C=O) groups excluding carboxylic acids is 6. The van der Waals surface area contributed by atoms with Crippen LogP contribution in [0.5, 0.6) is 0 Å². The second-order valence-corrected chi connectivity index (χ2v) is 24.8. The normalized spacial score (nSPS) is 16.8. The summed E-state index contributed by atoms with van der Waals surface area (Å²) in [5.74, 6) is -4.90. The van der Waals surface area contributed by atoms with Crippen LogP contribution in [0.25, 0.3) is 43.4 Å². The highest BCUT2D eigenvalue weighted by Crippen LogP contribution is 2.40. The molecule has 5 atom stereocenters. The first kappa shape index (κ1) is 59.0. The maximum atomic E-state index is 14.3. The number of carbonyl (C=O) groups is 7. The van der Waals surface area contributed by atoms with Gasteiger partial charge >= 0.3 is 5.97 Å². The number of anilines is 1. The number of aliphatic hydroxyl groups is 1. The van der Waals surface area contributed by atoms with Crippen molar-refractivity contribution in [1.82, 2.24) is 61.5 Å². The van der Waals surface area contributed by atoms with Crippen molar-refractivity contribution in [1.29, 1.82) is 0 Å². The largest absolute Gasteiger partial charge is 0.481 e. The molecular formula is C53H53N13O10S6. The standard InChI is InChI=1S/C53H53N13O10S6/c1-23(2)38-53-66-41(33(82-53)18-76-6)46(74)55-17-36(68)63-42(43(71)26-10-8-7-9-11-26)52-60-32(21-79-52)50-58-30(19-78-50)40-27(13-14-28(56-40)49-62-34(22-80-49)61-44(72)24(3)12-15-37(69)70)48-59-31(20-77-48)45(73)57-29(16-35(67)54-5)51-65-39(25(4)81-51)47(75)64-38/h7-11,13-14,19-24,29,38,42-43,71H,12,15-18H2,1-6H3,(H,54,67)(H,55,74)(H,57,73)(H,61,72)(H,63,68)(H,64,75)(H,69,70)/t24-,29+,38?,42+,43+/m1/s1. The van der Waals surface area contributed by atoms with Gasteiger partial charge in [0.15, 0.2) is 0 Å². The molecule has 1 aromatic carbocycles. The minimum Gasteiger partial charge on any atom is -0.481 e. The zero-order chi connectivity index (χ0) is 58.4. The van der Waals surface area contributed by atoms with Crippen LogP contribution >= 0.6 is 68.0 Å². The Kier molecular flexibility index (Phi) is 18.8. The molecule has 7 aromatic heterocycles. The number of rotatable bonds is 13. The highest BCUT2D eigenvalue weighted by molar-refractivity contribution is 7.15. The molecule has 0 radical (unpaired) electrons. The molecule has 0 saturated carbocycles. The first-order valence-corrected chi connectivity index (χ1v) is 30.5. The van der Waals surface area contributed by atoms with Gasteiger partial charge in [-0.3, -0.25) is 33.6 Å². The Bertz CT molecular complexity index is 3680. The predicted molar refractivity (Wildman–Crippen MR) is 312 cm³/mol. The molecule has 82 heavy (non-hydrogen) atoms. The Hall–Kier alpha value is -7.64. The van der Waals surface area contributed by atoms with Crippen LogP contribution < -0.4 is 31.9 Å². The molecule has 6 amide bonds. The fourth-order valence-electron chi connectivity index (χ4n) is 8.36. The smallest absolute Gasteiger partial charge is 0.303 e. The van der Waals surface area contributed by atoms with Crippen molar-refractivity contribution in [2.45, 2.75) is 77.8 Å². The van der Waals surface area contributed by atoms with Crippen molar-refractivity contribution in [3.8, 4) is 43.4 Å². The molecule has 0 aliphatic carbocycles. The van der Waals surface area contributed by atoms with Crippen LogP contribution in [0.4, 0.5) is 5.82 Å². The van der Waals surface area contributed by atoms with E-state index in [2.05, 4.69) is 46.9 Å². The number of hydrogen-bond donors (Lipinski definition) is 8. The summed E-state index contributed by atoms with van der Waals surface area (Å²) >= 11 is 7.12. The number of benzene rings is 1. The van der Waals surface area contributed by atoms with Gasteiger partial charge in [0.25, 0.3) is 17.7 Å². The third-order valence-corrected chi connectivity index (χ3v) is 18.5. The summed E-state index contributed by atoms with van der Waals surface area (Å²) < 4.78 is 5.44. The van der Waals surface area contributed by atoms with Crippen molar-refractivity contribution < 1.29 is 48.5 Å². The summed E-state index contributed by atoms with van der Waals surface area (Å²) in [5.41, 5.74) is 2.62. The molecule has 29 heteroatoms. The monoisotopic (exact) mass is 1220 g/mol. The summed E-state index contributed by atoms with van der Waals surface area (Å²) in [6.07, 6.45) is -1.53. The number of carboxylic acid groups (broad SMARTS) is 1. The van der Waals surface area contributed by atoms with Gasteiger partial charge in [-0.05, 0) is 37.0 Å². The molecule has 0 fully saturated rings. The summed E-state index contributed by atoms with van der Waals surface area (Å²) in [6, 6.07) is 9.42. The van der Waals surface area contributed by atoms with Crippen LogP contribution in [0.1, 0.15) is 126 Å². The molecule has 426 valence electrons. The van der Waals surface area contributed by atoms with Crippen molar-refractivity contribution >= 4 is 115 Å². The number of amides is 6. The second kappa shape index (κ2) is 26.1. The lowest BCUT2D eigenvalue weighted by molar-refractivity contribution is -0.137. The van der Waals surface area contributed by atoms with Gasteiger partial charge < -0.3 is 46.9 Å². The number of aliphatic hydroxyl groups excluding tert-OH is 1. The van der Waals surface area contributed by atoms with Crippen LogP contribution in [0.2, 0.25) is 0 Å². The third-order valence-electron chi connectivity index (χ3n) is 12.7. The Morgan fingerprint density at radius 2 is 1.41 bits per heavy atom. The molecule has 1 aliphatic rings. The van der Waals surface area contributed by atoms with Crippen LogP contribution in [-0.2, 0) is 30.5 Å². The van der Waals surface area contributed by atoms with Crippen LogP contribution in [0.15, 0.2) is 64.0 Å². The molecule has 9 rings (SSSR count). The average Bonchev–Trinajstić information content (AvgIpc) is 4.33. The molecule has 8 heterocycles. The van der Waals surface area contributed by atoms with Crippen molar-refractivity contribution in [2.24, 2.45) is 11.8 Å². The van der Waals surface area contributed by atoms with E-state index in [-0.39, 0.29) is 65.6 Å². The zero-order valence-electron chi connectivity index (χ0n) is 44.6. The van der Waals surface area contributed by atoms with Crippen LogP contribution in [-0.4, -0.2) is 107 Å². The van der Waals surface area contributed by atoms with E-state index in [1.54, 1.807) is 77.8 Å². The van der Waals surface area contributed by atoms with Gasteiger partial charge in [-0.15, -0.1) is 68.0 Å². The number of carboxylic acids is 1. The summed E-state index contributed by atoms with van der Waals surface area (Å²) in [6.45, 7) is 6.58. The number of aryl methyl sites for hydroxylation is 1. The SMILES string of the molecule is CNC(=O)C[C@@H]1NC(=O)c2csc(n2)-c2ccc(-c3nc(NC(=O)[C@H](C)CCC(=O)O)cs3)nc2-c2csc(n2)-c2csc(n2)[C@H]([C@@H](O)c2ccccc2)NC(=O)CNC(=O)c2nc(sc2COC)C(C(C)C)NC(=O)c2nc1sc2C. The van der Waals surface area contributed by atoms with Crippen molar-refractivity contribution in [2.75, 3.05) is 26.0 Å². The lowest BCUT2D eigenvalue weighted by atomic mass is 10.0. The lowest BCUT2D eigenvalue weighted by Crippen LogP contribution is -2.40. The van der Waals surface area contributed by atoms with E-state index in [0.717, 1.165) is 22.7 Å². The molecule has 0 spiro atoms. The summed E-state index contributed by atoms with van der Waals surface area (Å²) in [4.78, 5) is 128. The minimum atomic E-state index is -1.28. The van der Waals surface area contributed by atoms with E-state index in [9.17, 15) is 38.7 Å². The number of aromatic nitrogens is 7. The number of hydrogen-bond acceptors (Lipinski definition) is 22. The van der Waals surface area contributed by atoms with E-state index in [4.69, 9.17) is 29.8 Å². The molecule has 8 N–H and O–H groups in total. The van der Waals surface area contributed by atoms with Gasteiger partial charge in [0.05, 0.1) is 42.2 Å². The van der Waals surface area contributed by atoms with E-state index in [1.807, 2.05) is 13.8 Å². The number of ether oxygens (including phenoxy) is 1. The van der Waals surface area contributed by atoms with Gasteiger partial charge in [-0.1, -0.05) is 51.1 Å². The first-order chi connectivity index (χ1) is 39.4. The van der Waals surface area contributed by atoms with Gasteiger partial charge in [-0.2, -0.15) is 0 Å². The topological polar surface area (TPSA) is 332 Å². The molecule has 0 saturated heterocycles. The zero-order valence-corrected chi connectivity index (χ0v) is 49.5. The number of aliphatic carboxylic acids is 1. The Balaban J connectivity index is 1.12. The quantitative estimate of drug-likeness (QED) is 0.0547. The van der Waals surface area contributed by atoms with Gasteiger partial charge in [0, 0.05) is 58.5 Å². The van der Waals surface area contributed by atoms with Crippen LogP contribution in [0, 0.1) is 18.8 Å². The fraction of sp³-hybridized carbons (Fsp3) is 0.321. The minimum absolute atomic E-state index is 0.00126.